The number of benzene rings is 2. The number of hydrogen-bond donors (Lipinski definition) is 0. The molecule has 1 aromatic heterocycles. The first-order valence-corrected chi connectivity index (χ1v) is 13.1. The number of ether oxygens (including phenoxy) is 2. The normalized spacial score (nSPS) is 15.7. The number of methoxy groups -OCH3 is 1. The number of piperidine rings is 1. The van der Waals surface area contributed by atoms with E-state index in [4.69, 9.17) is 21.1 Å². The van der Waals surface area contributed by atoms with Gasteiger partial charge in [-0.05, 0) is 68.7 Å². The van der Waals surface area contributed by atoms with Crippen LogP contribution >= 0.6 is 11.6 Å². The Hall–Kier alpha value is -2.55. The number of carbonyl (C=O) groups is 1. The molecule has 4 rings (SSSR count). The number of rotatable bonds is 7. The van der Waals surface area contributed by atoms with Gasteiger partial charge in [0.1, 0.15) is 5.75 Å². The van der Waals surface area contributed by atoms with Gasteiger partial charge in [-0.2, -0.15) is 4.31 Å². The van der Waals surface area contributed by atoms with E-state index in [0.29, 0.717) is 36.7 Å². The molecule has 1 aliphatic heterocycles. The van der Waals surface area contributed by atoms with Gasteiger partial charge in [-0.3, -0.25) is 4.79 Å². The standard InChI is InChI=1S/C25H29ClN2O5S/c1-17(2)33-21-5-7-22(8-6-21)34(30,31)27-12-10-20(11-13-27)28-16-18(14-25(29)32-3)23-9-4-19(26)15-24(23)28/h4-9,15-17,20H,10-14H2,1-3H3. The summed E-state index contributed by atoms with van der Waals surface area (Å²) in [6, 6.07) is 12.3. The fourth-order valence-corrected chi connectivity index (χ4v) is 6.08. The fourth-order valence-electron chi connectivity index (χ4n) is 4.44. The van der Waals surface area contributed by atoms with Gasteiger partial charge in [0.15, 0.2) is 0 Å². The molecule has 2 aromatic carbocycles. The molecule has 0 N–H and O–H groups in total. The van der Waals surface area contributed by atoms with Crippen molar-refractivity contribution in [1.82, 2.24) is 8.87 Å². The average molecular weight is 505 g/mol. The second-order valence-corrected chi connectivity index (χ2v) is 11.1. The summed E-state index contributed by atoms with van der Waals surface area (Å²) in [5, 5.41) is 1.56. The van der Waals surface area contributed by atoms with Crippen molar-refractivity contribution < 1.29 is 22.7 Å². The van der Waals surface area contributed by atoms with Gasteiger partial charge in [0.25, 0.3) is 0 Å². The third-order valence-electron chi connectivity index (χ3n) is 6.09. The molecule has 34 heavy (non-hydrogen) atoms. The summed E-state index contributed by atoms with van der Waals surface area (Å²) in [5.41, 5.74) is 1.81. The number of carbonyl (C=O) groups excluding carboxylic acids is 1. The second kappa shape index (κ2) is 9.98. The Balaban J connectivity index is 1.52. The van der Waals surface area contributed by atoms with Crippen molar-refractivity contribution in [2.24, 2.45) is 0 Å². The number of aromatic nitrogens is 1. The molecule has 0 spiro atoms. The summed E-state index contributed by atoms with van der Waals surface area (Å²) < 4.78 is 40.5. The number of esters is 1. The minimum atomic E-state index is -3.59. The summed E-state index contributed by atoms with van der Waals surface area (Å²) in [6.45, 7) is 4.66. The molecule has 0 bridgehead atoms. The molecule has 0 saturated carbocycles. The first-order valence-electron chi connectivity index (χ1n) is 11.3. The van der Waals surface area contributed by atoms with Crippen molar-refractivity contribution in [3.05, 3.63) is 59.2 Å². The highest BCUT2D eigenvalue weighted by Gasteiger charge is 2.31. The molecule has 3 aromatic rings. The van der Waals surface area contributed by atoms with E-state index < -0.39 is 10.0 Å². The maximum atomic E-state index is 13.2. The van der Waals surface area contributed by atoms with Gasteiger partial charge in [0, 0.05) is 35.7 Å². The molecule has 0 amide bonds. The lowest BCUT2D eigenvalue weighted by atomic mass is 10.1. The van der Waals surface area contributed by atoms with Gasteiger partial charge in [-0.25, -0.2) is 8.42 Å². The van der Waals surface area contributed by atoms with Crippen molar-refractivity contribution >= 4 is 38.5 Å². The number of hydrogen-bond acceptors (Lipinski definition) is 5. The van der Waals surface area contributed by atoms with Crippen LogP contribution in [0.3, 0.4) is 0 Å². The van der Waals surface area contributed by atoms with Crippen molar-refractivity contribution in [3.8, 4) is 5.75 Å². The first-order chi connectivity index (χ1) is 16.2. The molecule has 0 unspecified atom stereocenters. The van der Waals surface area contributed by atoms with Crippen LogP contribution in [0, 0.1) is 0 Å². The molecule has 182 valence electrons. The van der Waals surface area contributed by atoms with E-state index in [9.17, 15) is 13.2 Å². The molecule has 0 aliphatic carbocycles. The lowest BCUT2D eigenvalue weighted by Crippen LogP contribution is -2.38. The largest absolute Gasteiger partial charge is 0.491 e. The van der Waals surface area contributed by atoms with Crippen molar-refractivity contribution in [2.45, 2.75) is 50.2 Å². The lowest BCUT2D eigenvalue weighted by Gasteiger charge is -2.32. The minimum absolute atomic E-state index is 0.0225. The zero-order valence-electron chi connectivity index (χ0n) is 19.5. The highest BCUT2D eigenvalue weighted by Crippen LogP contribution is 2.34. The minimum Gasteiger partial charge on any atom is -0.491 e. The molecule has 7 nitrogen and oxygen atoms in total. The van der Waals surface area contributed by atoms with Crippen molar-refractivity contribution in [2.75, 3.05) is 20.2 Å². The van der Waals surface area contributed by atoms with Crippen LogP contribution < -0.4 is 4.74 Å². The van der Waals surface area contributed by atoms with E-state index in [-0.39, 0.29) is 29.4 Å². The molecule has 9 heteroatoms. The van der Waals surface area contributed by atoms with Crippen LogP contribution in [0.4, 0.5) is 0 Å². The third-order valence-corrected chi connectivity index (χ3v) is 8.24. The second-order valence-electron chi connectivity index (χ2n) is 8.75. The summed E-state index contributed by atoms with van der Waals surface area (Å²) in [6.07, 6.45) is 3.48. The van der Waals surface area contributed by atoms with E-state index in [1.54, 1.807) is 24.3 Å². The highest BCUT2D eigenvalue weighted by atomic mass is 35.5. The SMILES string of the molecule is COC(=O)Cc1cn(C2CCN(S(=O)(=O)c3ccc(OC(C)C)cc3)CC2)c2cc(Cl)ccc12. The van der Waals surface area contributed by atoms with Crippen molar-refractivity contribution in [1.29, 1.82) is 0 Å². The van der Waals surface area contributed by atoms with E-state index >= 15 is 0 Å². The number of nitrogens with zero attached hydrogens (tertiary/aromatic N) is 2. The predicted molar refractivity (Wildman–Crippen MR) is 132 cm³/mol. The molecular formula is C25H29ClN2O5S. The van der Waals surface area contributed by atoms with Gasteiger partial charge < -0.3 is 14.0 Å². The van der Waals surface area contributed by atoms with Gasteiger partial charge in [0.05, 0.1) is 30.0 Å². The van der Waals surface area contributed by atoms with Crippen LogP contribution in [0.1, 0.15) is 38.3 Å². The van der Waals surface area contributed by atoms with E-state index in [1.165, 1.54) is 11.4 Å². The maximum Gasteiger partial charge on any atom is 0.310 e. The lowest BCUT2D eigenvalue weighted by molar-refractivity contribution is -0.139. The van der Waals surface area contributed by atoms with Crippen LogP contribution in [0.5, 0.6) is 5.75 Å². The molecule has 1 fully saturated rings. The van der Waals surface area contributed by atoms with Gasteiger partial charge in [-0.15, -0.1) is 0 Å². The summed E-state index contributed by atoms with van der Waals surface area (Å²) in [7, 11) is -2.22. The molecular weight excluding hydrogens is 476 g/mol. The first kappa shape index (κ1) is 24.6. The number of sulfonamides is 1. The Bertz CT molecular complexity index is 1280. The van der Waals surface area contributed by atoms with Crippen LogP contribution in [0.2, 0.25) is 5.02 Å². The van der Waals surface area contributed by atoms with Gasteiger partial charge in [0.2, 0.25) is 10.0 Å². The highest BCUT2D eigenvalue weighted by molar-refractivity contribution is 7.89. The van der Waals surface area contributed by atoms with Crippen LogP contribution in [-0.2, 0) is 26.0 Å². The zero-order chi connectivity index (χ0) is 24.5. The van der Waals surface area contributed by atoms with Crippen molar-refractivity contribution in [3.63, 3.8) is 0 Å². The van der Waals surface area contributed by atoms with E-state index in [1.807, 2.05) is 38.2 Å². The maximum absolute atomic E-state index is 13.2. The predicted octanol–water partition coefficient (Wildman–Crippen LogP) is 4.82. The van der Waals surface area contributed by atoms with Gasteiger partial charge in [-0.1, -0.05) is 17.7 Å². The van der Waals surface area contributed by atoms with Crippen LogP contribution in [0.15, 0.2) is 53.6 Å². The molecule has 0 radical (unpaired) electrons. The Labute approximate surface area is 205 Å². The molecule has 1 saturated heterocycles. The molecule has 0 atom stereocenters. The van der Waals surface area contributed by atoms with Gasteiger partial charge >= 0.3 is 5.97 Å². The third kappa shape index (κ3) is 5.09. The average Bonchev–Trinajstić information content (AvgIpc) is 3.16. The smallest absolute Gasteiger partial charge is 0.310 e. The Kier molecular flexibility index (Phi) is 7.21. The van der Waals surface area contributed by atoms with Crippen LogP contribution in [-0.4, -0.2) is 49.6 Å². The topological polar surface area (TPSA) is 77.8 Å². The van der Waals surface area contributed by atoms with E-state index in [0.717, 1.165) is 16.5 Å². The summed E-state index contributed by atoms with van der Waals surface area (Å²) in [5.74, 6) is 0.341. The number of halogens is 1. The Morgan fingerprint density at radius 2 is 1.79 bits per heavy atom. The van der Waals surface area contributed by atoms with Crippen LogP contribution in [0.25, 0.3) is 10.9 Å². The summed E-state index contributed by atoms with van der Waals surface area (Å²) >= 11 is 6.26. The quantitative estimate of drug-likeness (QED) is 0.431. The summed E-state index contributed by atoms with van der Waals surface area (Å²) in [4.78, 5) is 12.2. The zero-order valence-corrected chi connectivity index (χ0v) is 21.1. The molecule has 1 aliphatic rings. The Morgan fingerprint density at radius 1 is 1.12 bits per heavy atom. The fraction of sp³-hybridized carbons (Fsp3) is 0.400. The number of fused-ring (bicyclic) bond motifs is 1. The van der Waals surface area contributed by atoms with E-state index in [2.05, 4.69) is 4.57 Å². The molecule has 2 heterocycles. The Morgan fingerprint density at radius 3 is 2.41 bits per heavy atom. The monoisotopic (exact) mass is 504 g/mol.